The van der Waals surface area contributed by atoms with Crippen LogP contribution in [-0.2, 0) is 17.6 Å². The molecule has 1 aliphatic carbocycles. The van der Waals surface area contributed by atoms with Crippen LogP contribution in [0.5, 0.6) is 0 Å². The normalized spacial score (nSPS) is 19.1. The van der Waals surface area contributed by atoms with Gasteiger partial charge < -0.3 is 19.9 Å². The van der Waals surface area contributed by atoms with E-state index in [1.807, 2.05) is 10.7 Å². The zero-order valence-electron chi connectivity index (χ0n) is 18.6. The predicted molar refractivity (Wildman–Crippen MR) is 126 cm³/mol. The molecule has 8 heteroatoms. The molecule has 4 aromatic rings. The summed E-state index contributed by atoms with van der Waals surface area (Å²) in [5.41, 5.74) is 6.06. The molecule has 1 fully saturated rings. The van der Waals surface area contributed by atoms with E-state index in [-0.39, 0.29) is 0 Å². The van der Waals surface area contributed by atoms with Crippen molar-refractivity contribution in [3.8, 4) is 0 Å². The number of anilines is 2. The molecule has 3 aromatic heterocycles. The lowest BCUT2D eigenvalue weighted by molar-refractivity contribution is 0.122. The number of nitrogens with one attached hydrogen (secondary N) is 2. The summed E-state index contributed by atoms with van der Waals surface area (Å²) in [5, 5.41) is 9.71. The standard InChI is InChI=1S/C24H29N7O/c1-15(2)19-14-25-31-22(19)28-23(30-9-11-32-12-10-30)29-24(31)26-16-7-8-21-18(13-16)17-5-3-4-6-20(17)27-21/h3-6,14-16,27H,7-13H2,1-2H3,(H,26,28,29)/t16-/m1/s1. The third kappa shape index (κ3) is 3.30. The van der Waals surface area contributed by atoms with Crippen molar-refractivity contribution in [1.29, 1.82) is 0 Å². The molecule has 4 heterocycles. The molecule has 6 rings (SSSR count). The summed E-state index contributed by atoms with van der Waals surface area (Å²) < 4.78 is 7.41. The van der Waals surface area contributed by atoms with Gasteiger partial charge in [-0.05, 0) is 36.8 Å². The molecule has 1 atom stereocenters. The number of hydrogen-bond donors (Lipinski definition) is 2. The van der Waals surface area contributed by atoms with Gasteiger partial charge in [0.25, 0.3) is 0 Å². The van der Waals surface area contributed by atoms with Crippen molar-refractivity contribution in [2.45, 2.75) is 45.1 Å². The van der Waals surface area contributed by atoms with Gasteiger partial charge in [-0.1, -0.05) is 32.0 Å². The number of hydrogen-bond acceptors (Lipinski definition) is 6. The molecule has 0 amide bonds. The van der Waals surface area contributed by atoms with Crippen LogP contribution < -0.4 is 10.2 Å². The fourth-order valence-electron chi connectivity index (χ4n) is 4.96. The lowest BCUT2D eigenvalue weighted by Crippen LogP contribution is -2.38. The second-order valence-electron chi connectivity index (χ2n) is 9.15. The average molecular weight is 432 g/mol. The number of rotatable bonds is 4. The summed E-state index contributed by atoms with van der Waals surface area (Å²) in [6.07, 6.45) is 4.98. The van der Waals surface area contributed by atoms with E-state index in [4.69, 9.17) is 14.7 Å². The summed E-state index contributed by atoms with van der Waals surface area (Å²) in [5.74, 6) is 1.88. The number of ether oxygens (including phenoxy) is 1. The Morgan fingerprint density at radius 3 is 2.84 bits per heavy atom. The minimum atomic E-state index is 0.295. The first-order chi connectivity index (χ1) is 15.7. The lowest BCUT2D eigenvalue weighted by Gasteiger charge is -2.28. The largest absolute Gasteiger partial charge is 0.378 e. The molecule has 32 heavy (non-hydrogen) atoms. The number of morpholine rings is 1. The third-order valence-electron chi connectivity index (χ3n) is 6.73. The van der Waals surface area contributed by atoms with E-state index in [1.54, 1.807) is 0 Å². The molecular formula is C24H29N7O. The maximum Gasteiger partial charge on any atom is 0.230 e. The molecule has 0 radical (unpaired) electrons. The van der Waals surface area contributed by atoms with E-state index >= 15 is 0 Å². The van der Waals surface area contributed by atoms with Gasteiger partial charge in [0, 0.05) is 41.3 Å². The molecule has 2 aliphatic rings. The predicted octanol–water partition coefficient (Wildman–Crippen LogP) is 3.54. The second kappa shape index (κ2) is 7.78. The van der Waals surface area contributed by atoms with E-state index in [9.17, 15) is 0 Å². The number of benzene rings is 1. The van der Waals surface area contributed by atoms with Crippen LogP contribution in [-0.4, -0.2) is 56.9 Å². The molecule has 1 saturated heterocycles. The lowest BCUT2D eigenvalue weighted by atomic mass is 9.91. The summed E-state index contributed by atoms with van der Waals surface area (Å²) in [4.78, 5) is 15.7. The van der Waals surface area contributed by atoms with E-state index < -0.39 is 0 Å². The molecule has 0 saturated carbocycles. The van der Waals surface area contributed by atoms with Crippen molar-refractivity contribution in [1.82, 2.24) is 24.6 Å². The highest BCUT2D eigenvalue weighted by Crippen LogP contribution is 2.31. The van der Waals surface area contributed by atoms with Gasteiger partial charge in [0.15, 0.2) is 5.65 Å². The maximum absolute atomic E-state index is 5.53. The summed E-state index contributed by atoms with van der Waals surface area (Å²) in [6, 6.07) is 8.89. The number of H-pyrrole nitrogens is 1. The van der Waals surface area contributed by atoms with Crippen molar-refractivity contribution in [2.75, 3.05) is 36.5 Å². The van der Waals surface area contributed by atoms with Crippen LogP contribution in [0.4, 0.5) is 11.9 Å². The van der Waals surface area contributed by atoms with Crippen molar-refractivity contribution >= 4 is 28.4 Å². The molecule has 0 spiro atoms. The van der Waals surface area contributed by atoms with Crippen LogP contribution in [0.2, 0.25) is 0 Å². The third-order valence-corrected chi connectivity index (χ3v) is 6.73. The van der Waals surface area contributed by atoms with Gasteiger partial charge in [-0.15, -0.1) is 0 Å². The van der Waals surface area contributed by atoms with Gasteiger partial charge in [-0.25, -0.2) is 0 Å². The van der Waals surface area contributed by atoms with Gasteiger partial charge in [0.2, 0.25) is 11.9 Å². The van der Waals surface area contributed by atoms with Crippen LogP contribution in [0.15, 0.2) is 30.5 Å². The fourth-order valence-corrected chi connectivity index (χ4v) is 4.96. The smallest absolute Gasteiger partial charge is 0.230 e. The quantitative estimate of drug-likeness (QED) is 0.514. The molecule has 0 unspecified atom stereocenters. The minimum absolute atomic E-state index is 0.295. The number of aromatic nitrogens is 5. The monoisotopic (exact) mass is 431 g/mol. The van der Waals surface area contributed by atoms with Crippen molar-refractivity contribution in [2.24, 2.45) is 0 Å². The van der Waals surface area contributed by atoms with Gasteiger partial charge in [-0.2, -0.15) is 19.6 Å². The van der Waals surface area contributed by atoms with Crippen LogP contribution >= 0.6 is 0 Å². The highest BCUT2D eigenvalue weighted by Gasteiger charge is 2.25. The Morgan fingerprint density at radius 1 is 1.16 bits per heavy atom. The van der Waals surface area contributed by atoms with Crippen LogP contribution in [0.1, 0.15) is 43.0 Å². The summed E-state index contributed by atoms with van der Waals surface area (Å²) >= 11 is 0. The first-order valence-corrected chi connectivity index (χ1v) is 11.6. The number of fused-ring (bicyclic) bond motifs is 4. The molecule has 166 valence electrons. The zero-order chi connectivity index (χ0) is 21.7. The van der Waals surface area contributed by atoms with Gasteiger partial charge in [-0.3, -0.25) is 0 Å². The molecule has 2 N–H and O–H groups in total. The van der Waals surface area contributed by atoms with Crippen molar-refractivity contribution in [3.05, 3.63) is 47.3 Å². The Hall–Kier alpha value is -3.13. The Labute approximate surface area is 187 Å². The summed E-state index contributed by atoms with van der Waals surface area (Å²) in [7, 11) is 0. The zero-order valence-corrected chi connectivity index (χ0v) is 18.6. The highest BCUT2D eigenvalue weighted by molar-refractivity contribution is 5.85. The van der Waals surface area contributed by atoms with Crippen LogP contribution in [0, 0.1) is 0 Å². The minimum Gasteiger partial charge on any atom is -0.378 e. The number of aromatic amines is 1. The summed E-state index contributed by atoms with van der Waals surface area (Å²) in [6.45, 7) is 7.39. The van der Waals surface area contributed by atoms with E-state index in [1.165, 1.54) is 22.2 Å². The highest BCUT2D eigenvalue weighted by atomic mass is 16.5. The Morgan fingerprint density at radius 2 is 2.00 bits per heavy atom. The van der Waals surface area contributed by atoms with Crippen LogP contribution in [0.25, 0.3) is 16.6 Å². The van der Waals surface area contributed by atoms with Crippen molar-refractivity contribution in [3.63, 3.8) is 0 Å². The van der Waals surface area contributed by atoms with E-state index in [2.05, 4.69) is 58.4 Å². The van der Waals surface area contributed by atoms with E-state index in [0.29, 0.717) is 25.2 Å². The van der Waals surface area contributed by atoms with Gasteiger partial charge in [0.05, 0.1) is 19.4 Å². The maximum atomic E-state index is 5.53. The first kappa shape index (κ1) is 19.5. The number of aryl methyl sites for hydroxylation is 1. The topological polar surface area (TPSA) is 83.4 Å². The Kier molecular flexibility index (Phi) is 4.75. The van der Waals surface area contributed by atoms with Gasteiger partial charge >= 0.3 is 0 Å². The molecular weight excluding hydrogens is 402 g/mol. The molecule has 8 nitrogen and oxygen atoms in total. The first-order valence-electron chi connectivity index (χ1n) is 11.6. The van der Waals surface area contributed by atoms with Crippen LogP contribution in [0.3, 0.4) is 0 Å². The second-order valence-corrected chi connectivity index (χ2v) is 9.15. The molecule has 0 bridgehead atoms. The average Bonchev–Trinajstić information content (AvgIpc) is 3.41. The SMILES string of the molecule is CC(C)c1cnn2c(N[C@@H]3CCc4[nH]c5ccccc5c4C3)nc(N3CCOCC3)nc12. The Bertz CT molecular complexity index is 1270. The van der Waals surface area contributed by atoms with Crippen molar-refractivity contribution < 1.29 is 4.74 Å². The molecule has 1 aliphatic heterocycles. The van der Waals surface area contributed by atoms with Gasteiger partial charge in [0.1, 0.15) is 0 Å². The number of para-hydroxylation sites is 1. The Balaban J connectivity index is 1.36. The number of nitrogens with zero attached hydrogens (tertiary/aromatic N) is 5. The fraction of sp³-hybridized carbons (Fsp3) is 0.458. The van der Waals surface area contributed by atoms with E-state index in [0.717, 1.165) is 55.5 Å². The molecule has 1 aromatic carbocycles.